The SMILES string of the molecule is Cc1c(OCc2ccc(C3CCC3)c(C(F)(F)F)c2)ccc2c1CCN2C(=O)C[C@H](C(=O)O)N(C)C(=O)OC(C)(C)C. The molecule has 2 aliphatic rings. The van der Waals surface area contributed by atoms with Crippen LogP contribution in [0.25, 0.3) is 0 Å². The van der Waals surface area contributed by atoms with E-state index >= 15 is 0 Å². The Bertz CT molecular complexity index is 1360. The topological polar surface area (TPSA) is 96.4 Å². The monoisotopic (exact) mass is 590 g/mol. The molecule has 2 amide bonds. The first-order valence-corrected chi connectivity index (χ1v) is 14.0. The molecular formula is C31H37F3N2O6. The molecule has 4 rings (SSSR count). The van der Waals surface area contributed by atoms with Gasteiger partial charge in [-0.3, -0.25) is 9.69 Å². The minimum Gasteiger partial charge on any atom is -0.489 e. The maximum absolute atomic E-state index is 13.8. The van der Waals surface area contributed by atoms with E-state index in [1.807, 2.05) is 6.92 Å². The van der Waals surface area contributed by atoms with E-state index in [2.05, 4.69) is 0 Å². The number of aliphatic carboxylic acids is 1. The number of ether oxygens (including phenoxy) is 2. The predicted octanol–water partition coefficient (Wildman–Crippen LogP) is 6.46. The summed E-state index contributed by atoms with van der Waals surface area (Å²) in [6.07, 6.45) is -2.76. The van der Waals surface area contributed by atoms with Gasteiger partial charge in [0.2, 0.25) is 5.91 Å². The smallest absolute Gasteiger partial charge is 0.416 e. The van der Waals surface area contributed by atoms with Crippen LogP contribution in [0, 0.1) is 6.92 Å². The Kier molecular flexibility index (Phi) is 8.80. The molecule has 0 spiro atoms. The first-order valence-electron chi connectivity index (χ1n) is 14.0. The van der Waals surface area contributed by atoms with Crippen LogP contribution < -0.4 is 9.64 Å². The minimum atomic E-state index is -4.44. The summed E-state index contributed by atoms with van der Waals surface area (Å²) in [5.41, 5.74) is 1.52. The van der Waals surface area contributed by atoms with Gasteiger partial charge in [-0.1, -0.05) is 18.6 Å². The van der Waals surface area contributed by atoms with Crippen LogP contribution in [-0.2, 0) is 33.5 Å². The third-order valence-corrected chi connectivity index (χ3v) is 7.87. The number of rotatable bonds is 8. The molecule has 0 radical (unpaired) electrons. The Hall–Kier alpha value is -3.76. The highest BCUT2D eigenvalue weighted by atomic mass is 19.4. The number of alkyl halides is 3. The van der Waals surface area contributed by atoms with Gasteiger partial charge in [-0.25, -0.2) is 9.59 Å². The van der Waals surface area contributed by atoms with Gasteiger partial charge >= 0.3 is 18.2 Å². The summed E-state index contributed by atoms with van der Waals surface area (Å²) in [5, 5.41) is 9.73. The summed E-state index contributed by atoms with van der Waals surface area (Å²) in [6, 6.07) is 6.35. The van der Waals surface area contributed by atoms with E-state index in [-0.39, 0.29) is 12.5 Å². The standard InChI is InChI=1S/C31H37F3N2O6/c1-18-21-13-14-36(27(37)16-25(28(38)39)35(5)29(40)42-30(2,3)4)24(21)11-12-26(18)41-17-19-9-10-22(20-7-6-8-20)23(15-19)31(32,33)34/h9-12,15,20,25H,6-8,13-14,16-17H2,1-5H3,(H,38,39)/t25-/m1/s1. The van der Waals surface area contributed by atoms with E-state index in [1.165, 1.54) is 18.0 Å². The van der Waals surface area contributed by atoms with Crippen molar-refractivity contribution in [2.24, 2.45) is 0 Å². The second-order valence-corrected chi connectivity index (χ2v) is 12.0. The Labute approximate surface area is 243 Å². The molecule has 8 nitrogen and oxygen atoms in total. The number of carbonyl (C=O) groups excluding carboxylic acids is 2. The normalized spacial score (nSPS) is 16.0. The van der Waals surface area contributed by atoms with Gasteiger partial charge < -0.3 is 19.5 Å². The van der Waals surface area contributed by atoms with Crippen molar-refractivity contribution in [3.63, 3.8) is 0 Å². The molecule has 0 saturated heterocycles. The predicted molar refractivity (Wildman–Crippen MR) is 150 cm³/mol. The third-order valence-electron chi connectivity index (χ3n) is 7.87. The molecule has 1 aliphatic carbocycles. The van der Waals surface area contributed by atoms with E-state index < -0.39 is 47.8 Å². The van der Waals surface area contributed by atoms with Crippen molar-refractivity contribution in [2.75, 3.05) is 18.5 Å². The number of carboxylic acids is 1. The number of halogens is 3. The number of carbonyl (C=O) groups is 3. The van der Waals surface area contributed by atoms with E-state index in [1.54, 1.807) is 45.0 Å². The van der Waals surface area contributed by atoms with Gasteiger partial charge in [0.25, 0.3) is 0 Å². The largest absolute Gasteiger partial charge is 0.489 e. The minimum absolute atomic E-state index is 0.0480. The number of amides is 2. The van der Waals surface area contributed by atoms with Gasteiger partial charge in [-0.2, -0.15) is 13.2 Å². The van der Waals surface area contributed by atoms with E-state index in [4.69, 9.17) is 9.47 Å². The summed E-state index contributed by atoms with van der Waals surface area (Å²) in [4.78, 5) is 40.0. The van der Waals surface area contributed by atoms with Crippen LogP contribution in [-0.4, -0.2) is 53.2 Å². The van der Waals surface area contributed by atoms with Crippen molar-refractivity contribution in [3.8, 4) is 5.75 Å². The first-order chi connectivity index (χ1) is 19.6. The third kappa shape index (κ3) is 6.82. The molecule has 0 bridgehead atoms. The molecule has 11 heteroatoms. The molecule has 0 unspecified atom stereocenters. The summed E-state index contributed by atoms with van der Waals surface area (Å²) in [6.45, 7) is 7.07. The molecule has 1 aliphatic heterocycles. The number of anilines is 1. The van der Waals surface area contributed by atoms with Crippen LogP contribution in [0.2, 0.25) is 0 Å². The van der Waals surface area contributed by atoms with Crippen LogP contribution >= 0.6 is 0 Å². The molecule has 1 N–H and O–H groups in total. The average molecular weight is 591 g/mol. The van der Waals surface area contributed by atoms with Gasteiger partial charge in [0.1, 0.15) is 24.0 Å². The van der Waals surface area contributed by atoms with E-state index in [9.17, 15) is 32.7 Å². The number of likely N-dealkylation sites (N-methyl/N-ethyl adjacent to an activating group) is 1. The number of benzene rings is 2. The number of carboxylic acid groups (broad SMARTS) is 1. The molecular weight excluding hydrogens is 553 g/mol. The van der Waals surface area contributed by atoms with Crippen LogP contribution in [0.4, 0.5) is 23.7 Å². The Morgan fingerprint density at radius 3 is 2.38 bits per heavy atom. The number of nitrogens with zero attached hydrogens (tertiary/aromatic N) is 2. The molecule has 1 fully saturated rings. The molecule has 2 aromatic carbocycles. The fraction of sp³-hybridized carbons (Fsp3) is 0.516. The van der Waals surface area contributed by atoms with Crippen molar-refractivity contribution in [3.05, 3.63) is 58.1 Å². The van der Waals surface area contributed by atoms with E-state index in [0.717, 1.165) is 35.3 Å². The van der Waals surface area contributed by atoms with Gasteiger partial charge in [-0.05, 0) is 93.3 Å². The zero-order valence-electron chi connectivity index (χ0n) is 24.5. The Morgan fingerprint density at radius 2 is 1.81 bits per heavy atom. The second-order valence-electron chi connectivity index (χ2n) is 12.0. The summed E-state index contributed by atoms with van der Waals surface area (Å²) in [5.74, 6) is -1.35. The molecule has 228 valence electrons. The maximum atomic E-state index is 13.8. The van der Waals surface area contributed by atoms with E-state index in [0.29, 0.717) is 35.5 Å². The van der Waals surface area contributed by atoms with Crippen LogP contribution in [0.15, 0.2) is 30.3 Å². The Balaban J connectivity index is 1.46. The molecule has 1 atom stereocenters. The molecule has 2 aromatic rings. The fourth-order valence-electron chi connectivity index (χ4n) is 5.35. The van der Waals surface area contributed by atoms with Crippen molar-refractivity contribution in [1.82, 2.24) is 4.90 Å². The fourth-order valence-corrected chi connectivity index (χ4v) is 5.35. The van der Waals surface area contributed by atoms with Gasteiger partial charge in [0.15, 0.2) is 0 Å². The quantitative estimate of drug-likeness (QED) is 0.379. The summed E-state index contributed by atoms with van der Waals surface area (Å²) >= 11 is 0. The molecule has 1 heterocycles. The second kappa shape index (κ2) is 11.9. The van der Waals surface area contributed by atoms with Crippen molar-refractivity contribution >= 4 is 23.7 Å². The van der Waals surface area contributed by atoms with Gasteiger partial charge in [-0.15, -0.1) is 0 Å². The zero-order chi connectivity index (χ0) is 31.0. The zero-order valence-corrected chi connectivity index (χ0v) is 24.5. The van der Waals surface area contributed by atoms with Crippen molar-refractivity contribution in [2.45, 2.75) is 90.1 Å². The number of hydrogen-bond acceptors (Lipinski definition) is 5. The van der Waals surface area contributed by atoms with Crippen molar-refractivity contribution in [1.29, 1.82) is 0 Å². The van der Waals surface area contributed by atoms with Crippen molar-refractivity contribution < 1.29 is 42.1 Å². The highest BCUT2D eigenvalue weighted by Crippen LogP contribution is 2.43. The highest BCUT2D eigenvalue weighted by Gasteiger charge is 2.37. The number of hydrogen-bond donors (Lipinski definition) is 1. The summed E-state index contributed by atoms with van der Waals surface area (Å²) in [7, 11) is 1.28. The molecule has 0 aromatic heterocycles. The average Bonchev–Trinajstić information content (AvgIpc) is 3.29. The highest BCUT2D eigenvalue weighted by molar-refractivity contribution is 5.98. The lowest BCUT2D eigenvalue weighted by molar-refractivity contribution is -0.144. The lowest BCUT2D eigenvalue weighted by Crippen LogP contribution is -2.47. The van der Waals surface area contributed by atoms with Crippen LogP contribution in [0.5, 0.6) is 5.75 Å². The van der Waals surface area contributed by atoms with Gasteiger partial charge in [0.05, 0.1) is 12.0 Å². The lowest BCUT2D eigenvalue weighted by atomic mass is 9.78. The maximum Gasteiger partial charge on any atom is 0.416 e. The van der Waals surface area contributed by atoms with Crippen LogP contribution in [0.3, 0.4) is 0 Å². The van der Waals surface area contributed by atoms with Gasteiger partial charge in [0, 0.05) is 19.3 Å². The van der Waals surface area contributed by atoms with Crippen LogP contribution in [0.1, 0.15) is 80.2 Å². The Morgan fingerprint density at radius 1 is 1.12 bits per heavy atom. The first kappa shape index (κ1) is 31.2. The number of fused-ring (bicyclic) bond motifs is 1. The molecule has 42 heavy (non-hydrogen) atoms. The summed E-state index contributed by atoms with van der Waals surface area (Å²) < 4.78 is 52.5. The lowest BCUT2D eigenvalue weighted by Gasteiger charge is -2.29. The molecule has 1 saturated carbocycles.